The zero-order chi connectivity index (χ0) is 12.3. The minimum absolute atomic E-state index is 0.0863. The van der Waals surface area contributed by atoms with Crippen LogP contribution in [0.2, 0.25) is 0 Å². The fourth-order valence-corrected chi connectivity index (χ4v) is 1.82. The summed E-state index contributed by atoms with van der Waals surface area (Å²) < 4.78 is 13.1. The third kappa shape index (κ3) is 3.65. The van der Waals surface area contributed by atoms with Crippen LogP contribution < -0.4 is 0 Å². The third-order valence-electron chi connectivity index (χ3n) is 2.61. The molecule has 0 bridgehead atoms. The number of aliphatic carboxylic acids is 1. The Morgan fingerprint density at radius 1 is 1.44 bits per heavy atom. The van der Waals surface area contributed by atoms with E-state index >= 15 is 0 Å². The molecular formula is C13H17FO2. The minimum atomic E-state index is -0.820. The summed E-state index contributed by atoms with van der Waals surface area (Å²) in [6, 6.07) is 4.63. The second kappa shape index (κ2) is 4.64. The van der Waals surface area contributed by atoms with E-state index in [-0.39, 0.29) is 17.7 Å². The number of benzene rings is 1. The molecule has 0 aliphatic rings. The summed E-state index contributed by atoms with van der Waals surface area (Å²) >= 11 is 0. The van der Waals surface area contributed by atoms with Gasteiger partial charge in [0.2, 0.25) is 0 Å². The molecule has 0 aliphatic carbocycles. The summed E-state index contributed by atoms with van der Waals surface area (Å²) in [5, 5.41) is 8.78. The number of rotatable bonds is 4. The van der Waals surface area contributed by atoms with Crippen LogP contribution >= 0.6 is 0 Å². The van der Waals surface area contributed by atoms with Gasteiger partial charge in [0.05, 0.1) is 6.42 Å². The van der Waals surface area contributed by atoms with Crippen LogP contribution in [0.5, 0.6) is 0 Å². The monoisotopic (exact) mass is 224 g/mol. The number of halogens is 1. The molecule has 2 nitrogen and oxygen atoms in total. The molecule has 88 valence electrons. The molecule has 0 fully saturated rings. The highest BCUT2D eigenvalue weighted by atomic mass is 19.1. The SMILES string of the molecule is Cc1ccc(F)cc1CC(C)(C)CC(=O)O. The number of hydrogen-bond acceptors (Lipinski definition) is 1. The van der Waals surface area contributed by atoms with Crippen molar-refractivity contribution in [3.8, 4) is 0 Å². The van der Waals surface area contributed by atoms with Crippen molar-refractivity contribution in [1.82, 2.24) is 0 Å². The molecule has 3 heteroatoms. The summed E-state index contributed by atoms with van der Waals surface area (Å²) in [5.41, 5.74) is 1.52. The van der Waals surface area contributed by atoms with Crippen LogP contribution in [-0.4, -0.2) is 11.1 Å². The molecule has 0 spiro atoms. The van der Waals surface area contributed by atoms with Gasteiger partial charge in [-0.3, -0.25) is 4.79 Å². The molecule has 1 aromatic carbocycles. The first kappa shape index (κ1) is 12.7. The van der Waals surface area contributed by atoms with E-state index in [0.717, 1.165) is 11.1 Å². The van der Waals surface area contributed by atoms with E-state index in [1.54, 1.807) is 6.07 Å². The van der Waals surface area contributed by atoms with Crippen molar-refractivity contribution in [2.45, 2.75) is 33.6 Å². The Morgan fingerprint density at radius 2 is 2.06 bits per heavy atom. The highest BCUT2D eigenvalue weighted by Crippen LogP contribution is 2.27. The van der Waals surface area contributed by atoms with E-state index in [1.807, 2.05) is 20.8 Å². The average molecular weight is 224 g/mol. The van der Waals surface area contributed by atoms with Crippen LogP contribution in [0.25, 0.3) is 0 Å². The summed E-state index contributed by atoms with van der Waals surface area (Å²) in [4.78, 5) is 10.7. The lowest BCUT2D eigenvalue weighted by Gasteiger charge is -2.23. The Bertz CT molecular complexity index is 397. The van der Waals surface area contributed by atoms with Crippen molar-refractivity contribution in [1.29, 1.82) is 0 Å². The number of aryl methyl sites for hydroxylation is 1. The van der Waals surface area contributed by atoms with Crippen molar-refractivity contribution in [2.75, 3.05) is 0 Å². The van der Waals surface area contributed by atoms with Gasteiger partial charge in [0.1, 0.15) is 5.82 Å². The first-order valence-electron chi connectivity index (χ1n) is 5.27. The molecule has 0 atom stereocenters. The number of carboxylic acid groups (broad SMARTS) is 1. The zero-order valence-corrected chi connectivity index (χ0v) is 9.88. The molecule has 0 radical (unpaired) electrons. The standard InChI is InChI=1S/C13H17FO2/c1-9-4-5-11(14)6-10(9)7-13(2,3)8-12(15)16/h4-6H,7-8H2,1-3H3,(H,15,16). The van der Waals surface area contributed by atoms with E-state index in [4.69, 9.17) is 5.11 Å². The van der Waals surface area contributed by atoms with E-state index in [2.05, 4.69) is 0 Å². The predicted octanol–water partition coefficient (Wildman–Crippen LogP) is 3.18. The predicted molar refractivity (Wildman–Crippen MR) is 60.9 cm³/mol. The molecule has 0 amide bonds. The maximum Gasteiger partial charge on any atom is 0.303 e. The third-order valence-corrected chi connectivity index (χ3v) is 2.61. The Labute approximate surface area is 95.1 Å². The maximum atomic E-state index is 13.1. The highest BCUT2D eigenvalue weighted by molar-refractivity contribution is 5.67. The molecule has 0 aromatic heterocycles. The lowest BCUT2D eigenvalue weighted by atomic mass is 9.81. The van der Waals surface area contributed by atoms with E-state index in [1.165, 1.54) is 12.1 Å². The molecule has 1 N–H and O–H groups in total. The zero-order valence-electron chi connectivity index (χ0n) is 9.88. The fourth-order valence-electron chi connectivity index (χ4n) is 1.82. The Hall–Kier alpha value is -1.38. The molecule has 1 rings (SSSR count). The smallest absolute Gasteiger partial charge is 0.303 e. The summed E-state index contributed by atoms with van der Waals surface area (Å²) in [6.07, 6.45) is 0.659. The van der Waals surface area contributed by atoms with Gasteiger partial charge in [-0.05, 0) is 42.0 Å². The van der Waals surface area contributed by atoms with Crippen molar-refractivity contribution in [2.24, 2.45) is 5.41 Å². The summed E-state index contributed by atoms with van der Waals surface area (Å²) in [6.45, 7) is 5.67. The van der Waals surface area contributed by atoms with Crippen molar-refractivity contribution >= 4 is 5.97 Å². The highest BCUT2D eigenvalue weighted by Gasteiger charge is 2.23. The van der Waals surface area contributed by atoms with Gasteiger partial charge < -0.3 is 5.11 Å². The average Bonchev–Trinajstić information content (AvgIpc) is 2.08. The second-order valence-electron chi connectivity index (χ2n) is 4.98. The van der Waals surface area contributed by atoms with Crippen molar-refractivity contribution in [3.63, 3.8) is 0 Å². The lowest BCUT2D eigenvalue weighted by Crippen LogP contribution is -2.20. The van der Waals surface area contributed by atoms with Gasteiger partial charge in [-0.25, -0.2) is 4.39 Å². The van der Waals surface area contributed by atoms with Crippen LogP contribution in [0.15, 0.2) is 18.2 Å². The van der Waals surface area contributed by atoms with E-state index in [0.29, 0.717) is 6.42 Å². The lowest BCUT2D eigenvalue weighted by molar-refractivity contribution is -0.139. The van der Waals surface area contributed by atoms with Crippen LogP contribution in [0.1, 0.15) is 31.4 Å². The number of hydrogen-bond donors (Lipinski definition) is 1. The largest absolute Gasteiger partial charge is 0.481 e. The van der Waals surface area contributed by atoms with Gasteiger partial charge in [-0.15, -0.1) is 0 Å². The van der Waals surface area contributed by atoms with Gasteiger partial charge in [0, 0.05) is 0 Å². The Morgan fingerprint density at radius 3 is 2.62 bits per heavy atom. The van der Waals surface area contributed by atoms with E-state index in [9.17, 15) is 9.18 Å². The quantitative estimate of drug-likeness (QED) is 0.852. The molecule has 16 heavy (non-hydrogen) atoms. The molecule has 1 aromatic rings. The molecule has 0 saturated carbocycles. The van der Waals surface area contributed by atoms with Crippen LogP contribution in [0, 0.1) is 18.2 Å². The molecule has 0 heterocycles. The van der Waals surface area contributed by atoms with Gasteiger partial charge in [-0.1, -0.05) is 19.9 Å². The number of carbonyl (C=O) groups is 1. The molecule has 0 unspecified atom stereocenters. The van der Waals surface area contributed by atoms with E-state index < -0.39 is 5.97 Å². The topological polar surface area (TPSA) is 37.3 Å². The summed E-state index contributed by atoms with van der Waals surface area (Å²) in [7, 11) is 0. The molecule has 0 aliphatic heterocycles. The first-order chi connectivity index (χ1) is 7.30. The van der Waals surface area contributed by atoms with Crippen molar-refractivity contribution in [3.05, 3.63) is 35.1 Å². The Kier molecular flexibility index (Phi) is 3.68. The normalized spacial score (nSPS) is 11.5. The van der Waals surface area contributed by atoms with Gasteiger partial charge >= 0.3 is 5.97 Å². The van der Waals surface area contributed by atoms with Crippen molar-refractivity contribution < 1.29 is 14.3 Å². The minimum Gasteiger partial charge on any atom is -0.481 e. The second-order valence-corrected chi connectivity index (χ2v) is 4.98. The van der Waals surface area contributed by atoms with Crippen LogP contribution in [0.4, 0.5) is 4.39 Å². The van der Waals surface area contributed by atoms with Gasteiger partial charge in [0.15, 0.2) is 0 Å². The summed E-state index contributed by atoms with van der Waals surface area (Å²) in [5.74, 6) is -1.09. The van der Waals surface area contributed by atoms with Crippen LogP contribution in [-0.2, 0) is 11.2 Å². The molecule has 0 saturated heterocycles. The first-order valence-corrected chi connectivity index (χ1v) is 5.27. The van der Waals surface area contributed by atoms with Crippen LogP contribution in [0.3, 0.4) is 0 Å². The number of carboxylic acids is 1. The van der Waals surface area contributed by atoms with Gasteiger partial charge in [0.25, 0.3) is 0 Å². The fraction of sp³-hybridized carbons (Fsp3) is 0.462. The molecular weight excluding hydrogens is 207 g/mol. The maximum absolute atomic E-state index is 13.1. The van der Waals surface area contributed by atoms with Gasteiger partial charge in [-0.2, -0.15) is 0 Å². The Balaban J connectivity index is 2.86.